The summed E-state index contributed by atoms with van der Waals surface area (Å²) in [4.78, 5) is 21.4. The summed E-state index contributed by atoms with van der Waals surface area (Å²) < 4.78 is 1.16. The zero-order valence-corrected chi connectivity index (χ0v) is 15.6. The number of aromatic nitrogens is 1. The van der Waals surface area contributed by atoms with E-state index in [0.717, 1.165) is 52.1 Å². The van der Waals surface area contributed by atoms with Crippen molar-refractivity contribution in [1.82, 2.24) is 9.88 Å². The molecule has 1 aliphatic rings. The molecule has 124 valence electrons. The highest BCUT2D eigenvalue weighted by atomic mass is 35.5. The minimum atomic E-state index is -0.314. The Morgan fingerprint density at radius 3 is 2.48 bits per heavy atom. The lowest BCUT2D eigenvalue weighted by Gasteiger charge is -2.37. The van der Waals surface area contributed by atoms with E-state index in [2.05, 4.69) is 4.90 Å². The number of hydrogen-bond donors (Lipinski definition) is 0. The molecule has 1 aliphatic heterocycles. The smallest absolute Gasteiger partial charge is 0.228 e. The van der Waals surface area contributed by atoms with Gasteiger partial charge in [-0.2, -0.15) is 0 Å². The van der Waals surface area contributed by atoms with Crippen LogP contribution in [-0.2, 0) is 4.79 Å². The van der Waals surface area contributed by atoms with Crippen LogP contribution < -0.4 is 4.90 Å². The Labute approximate surface area is 146 Å². The van der Waals surface area contributed by atoms with Crippen LogP contribution in [0.3, 0.4) is 0 Å². The number of fused-ring (bicyclic) bond motifs is 1. The second-order valence-electron chi connectivity index (χ2n) is 7.04. The van der Waals surface area contributed by atoms with Crippen LogP contribution in [0.25, 0.3) is 10.2 Å². The summed E-state index contributed by atoms with van der Waals surface area (Å²) in [6.45, 7) is 11.1. The first-order chi connectivity index (χ1) is 10.8. The molecule has 2 heterocycles. The molecule has 3 rings (SSSR count). The van der Waals surface area contributed by atoms with Crippen molar-refractivity contribution in [2.45, 2.75) is 27.7 Å². The summed E-state index contributed by atoms with van der Waals surface area (Å²) in [6, 6.07) is 3.96. The Balaban J connectivity index is 1.76. The fraction of sp³-hybridized carbons (Fsp3) is 0.529. The average Bonchev–Trinajstić information content (AvgIpc) is 2.94. The van der Waals surface area contributed by atoms with Gasteiger partial charge in [0.1, 0.15) is 0 Å². The largest absolute Gasteiger partial charge is 0.345 e. The predicted octanol–water partition coefficient (Wildman–Crippen LogP) is 3.95. The molecule has 2 aromatic rings. The molecule has 1 aromatic heterocycles. The predicted molar refractivity (Wildman–Crippen MR) is 97.6 cm³/mol. The van der Waals surface area contributed by atoms with Crippen LogP contribution >= 0.6 is 22.9 Å². The highest BCUT2D eigenvalue weighted by molar-refractivity contribution is 7.22. The van der Waals surface area contributed by atoms with Gasteiger partial charge in [-0.1, -0.05) is 43.7 Å². The number of aryl methyl sites for hydroxylation is 1. The van der Waals surface area contributed by atoms with Gasteiger partial charge in [0, 0.05) is 36.6 Å². The molecular formula is C17H22ClN3OS. The summed E-state index contributed by atoms with van der Waals surface area (Å²) in [6.07, 6.45) is 0. The molecule has 0 spiro atoms. The number of piperazine rings is 1. The number of thiazole rings is 1. The van der Waals surface area contributed by atoms with Crippen LogP contribution in [0, 0.1) is 12.3 Å². The fourth-order valence-electron chi connectivity index (χ4n) is 2.80. The van der Waals surface area contributed by atoms with Crippen LogP contribution in [0.1, 0.15) is 26.3 Å². The number of amides is 1. The lowest BCUT2D eigenvalue weighted by Crippen LogP contribution is -2.51. The van der Waals surface area contributed by atoms with E-state index in [0.29, 0.717) is 0 Å². The third-order valence-electron chi connectivity index (χ3n) is 4.22. The summed E-state index contributed by atoms with van der Waals surface area (Å²) in [7, 11) is 0. The molecule has 0 atom stereocenters. The number of rotatable bonds is 1. The van der Waals surface area contributed by atoms with Crippen molar-refractivity contribution in [3.8, 4) is 0 Å². The summed E-state index contributed by atoms with van der Waals surface area (Å²) >= 11 is 7.88. The second-order valence-corrected chi connectivity index (χ2v) is 8.46. The van der Waals surface area contributed by atoms with E-state index < -0.39 is 0 Å². The summed E-state index contributed by atoms with van der Waals surface area (Å²) in [5.74, 6) is 0.226. The minimum absolute atomic E-state index is 0.226. The molecule has 1 saturated heterocycles. The van der Waals surface area contributed by atoms with Gasteiger partial charge in [-0.05, 0) is 24.6 Å². The Morgan fingerprint density at radius 2 is 1.87 bits per heavy atom. The molecule has 6 heteroatoms. The van der Waals surface area contributed by atoms with Gasteiger partial charge in [0.05, 0.1) is 10.2 Å². The Kier molecular flexibility index (Phi) is 4.27. The number of benzene rings is 1. The van der Waals surface area contributed by atoms with Crippen molar-refractivity contribution in [1.29, 1.82) is 0 Å². The first-order valence-electron chi connectivity index (χ1n) is 7.87. The van der Waals surface area contributed by atoms with Gasteiger partial charge in [-0.25, -0.2) is 4.98 Å². The van der Waals surface area contributed by atoms with Crippen LogP contribution in [0.5, 0.6) is 0 Å². The fourth-order valence-corrected chi connectivity index (χ4v) is 4.03. The Morgan fingerprint density at radius 1 is 1.22 bits per heavy atom. The first kappa shape index (κ1) is 16.5. The summed E-state index contributed by atoms with van der Waals surface area (Å²) in [5, 5.41) is 1.78. The van der Waals surface area contributed by atoms with Gasteiger partial charge in [0.2, 0.25) is 5.91 Å². The van der Waals surface area contributed by atoms with Crippen LogP contribution in [0.4, 0.5) is 5.13 Å². The number of carbonyl (C=O) groups is 1. The van der Waals surface area contributed by atoms with Crippen molar-refractivity contribution in [2.24, 2.45) is 5.41 Å². The van der Waals surface area contributed by atoms with Crippen LogP contribution in [0.15, 0.2) is 12.1 Å². The molecule has 4 nitrogen and oxygen atoms in total. The van der Waals surface area contributed by atoms with E-state index in [-0.39, 0.29) is 11.3 Å². The molecule has 0 saturated carbocycles. The van der Waals surface area contributed by atoms with Gasteiger partial charge >= 0.3 is 0 Å². The van der Waals surface area contributed by atoms with E-state index >= 15 is 0 Å². The van der Waals surface area contributed by atoms with E-state index in [4.69, 9.17) is 16.6 Å². The molecule has 1 amide bonds. The van der Waals surface area contributed by atoms with Crippen molar-refractivity contribution in [2.75, 3.05) is 31.1 Å². The lowest BCUT2D eigenvalue weighted by atomic mass is 9.94. The van der Waals surface area contributed by atoms with Crippen LogP contribution in [-0.4, -0.2) is 42.0 Å². The molecule has 23 heavy (non-hydrogen) atoms. The molecule has 0 aliphatic carbocycles. The molecule has 1 fully saturated rings. The molecule has 0 N–H and O–H groups in total. The van der Waals surface area contributed by atoms with Crippen molar-refractivity contribution in [3.05, 3.63) is 22.7 Å². The first-order valence-corrected chi connectivity index (χ1v) is 9.07. The van der Waals surface area contributed by atoms with E-state index in [1.807, 2.05) is 44.7 Å². The Hall–Kier alpha value is -1.33. The second kappa shape index (κ2) is 5.95. The summed E-state index contributed by atoms with van der Waals surface area (Å²) in [5.41, 5.74) is 1.71. The minimum Gasteiger partial charge on any atom is -0.345 e. The van der Waals surface area contributed by atoms with E-state index in [9.17, 15) is 4.79 Å². The normalized spacial score (nSPS) is 16.2. The zero-order valence-electron chi connectivity index (χ0n) is 14.0. The van der Waals surface area contributed by atoms with E-state index in [1.165, 1.54) is 0 Å². The maximum absolute atomic E-state index is 12.4. The molecule has 0 radical (unpaired) electrons. The number of hydrogen-bond acceptors (Lipinski definition) is 4. The van der Waals surface area contributed by atoms with Crippen LogP contribution in [0.2, 0.25) is 5.02 Å². The van der Waals surface area contributed by atoms with Crippen molar-refractivity contribution < 1.29 is 4.79 Å². The number of nitrogens with zero attached hydrogens (tertiary/aromatic N) is 3. The van der Waals surface area contributed by atoms with Gasteiger partial charge in [0.15, 0.2) is 5.13 Å². The molecule has 0 unspecified atom stereocenters. The Bertz CT molecular complexity index is 742. The van der Waals surface area contributed by atoms with Gasteiger partial charge in [-0.3, -0.25) is 4.79 Å². The third kappa shape index (κ3) is 3.17. The highest BCUT2D eigenvalue weighted by Crippen LogP contribution is 2.34. The maximum atomic E-state index is 12.4. The highest BCUT2D eigenvalue weighted by Gasteiger charge is 2.30. The van der Waals surface area contributed by atoms with E-state index in [1.54, 1.807) is 11.3 Å². The molecule has 0 bridgehead atoms. The quantitative estimate of drug-likeness (QED) is 0.780. The zero-order chi connectivity index (χ0) is 16.8. The lowest BCUT2D eigenvalue weighted by molar-refractivity contribution is -0.139. The van der Waals surface area contributed by atoms with Gasteiger partial charge in [0.25, 0.3) is 0 Å². The van der Waals surface area contributed by atoms with Crippen molar-refractivity contribution in [3.63, 3.8) is 0 Å². The number of carbonyl (C=O) groups excluding carboxylic acids is 1. The average molecular weight is 352 g/mol. The molecule has 1 aromatic carbocycles. The van der Waals surface area contributed by atoms with Gasteiger partial charge < -0.3 is 9.80 Å². The topological polar surface area (TPSA) is 36.4 Å². The van der Waals surface area contributed by atoms with Crippen molar-refractivity contribution >= 4 is 44.2 Å². The molecular weight excluding hydrogens is 330 g/mol. The number of halogens is 1. The SMILES string of the molecule is Cc1c(Cl)ccc2sc(N3CCN(C(=O)C(C)(C)C)CC3)nc12. The van der Waals surface area contributed by atoms with Gasteiger partial charge in [-0.15, -0.1) is 0 Å². The maximum Gasteiger partial charge on any atom is 0.228 e. The number of anilines is 1. The monoisotopic (exact) mass is 351 g/mol. The standard InChI is InChI=1S/C17H22ClN3OS/c1-11-12(18)5-6-13-14(11)19-16(23-13)21-9-7-20(8-10-21)15(22)17(2,3)4/h5-6H,7-10H2,1-4H3. The third-order valence-corrected chi connectivity index (χ3v) is 5.71.